The summed E-state index contributed by atoms with van der Waals surface area (Å²) in [6, 6.07) is 6.55. The quantitative estimate of drug-likeness (QED) is 0.666. The van der Waals surface area contributed by atoms with Crippen molar-refractivity contribution in [2.24, 2.45) is 0 Å². The van der Waals surface area contributed by atoms with Crippen molar-refractivity contribution in [2.45, 2.75) is 9.79 Å². The van der Waals surface area contributed by atoms with Gasteiger partial charge in [-0.1, -0.05) is 0 Å². The molecule has 2 aromatic rings. The minimum Gasteiger partial charge on any atom is -0.507 e. The standard InChI is InChI=1S/C12H7Br3O4S/c13-8-3-6(1-2-11(8)16)20(18,19)7-4-9(14)12(17)10(15)5-7/h1-5,16-17H. The van der Waals surface area contributed by atoms with Crippen LogP contribution in [0.1, 0.15) is 0 Å². The van der Waals surface area contributed by atoms with Crippen LogP contribution in [0.2, 0.25) is 0 Å². The van der Waals surface area contributed by atoms with Gasteiger partial charge in [0, 0.05) is 0 Å². The molecule has 0 aliphatic rings. The monoisotopic (exact) mass is 484 g/mol. The van der Waals surface area contributed by atoms with E-state index in [1.54, 1.807) is 0 Å². The topological polar surface area (TPSA) is 74.6 Å². The van der Waals surface area contributed by atoms with E-state index >= 15 is 0 Å². The number of sulfone groups is 1. The molecule has 0 amide bonds. The van der Waals surface area contributed by atoms with Crippen molar-refractivity contribution in [1.29, 1.82) is 0 Å². The third-order valence-electron chi connectivity index (χ3n) is 2.53. The van der Waals surface area contributed by atoms with Gasteiger partial charge in [-0.15, -0.1) is 0 Å². The number of hydrogen-bond acceptors (Lipinski definition) is 4. The molecule has 0 saturated heterocycles. The van der Waals surface area contributed by atoms with Crippen LogP contribution in [0.3, 0.4) is 0 Å². The van der Waals surface area contributed by atoms with E-state index in [1.807, 2.05) is 0 Å². The van der Waals surface area contributed by atoms with E-state index in [2.05, 4.69) is 47.8 Å². The number of halogens is 3. The van der Waals surface area contributed by atoms with Gasteiger partial charge in [-0.25, -0.2) is 8.42 Å². The molecule has 0 aliphatic heterocycles. The van der Waals surface area contributed by atoms with E-state index in [-0.39, 0.29) is 34.7 Å². The number of phenolic OH excluding ortho intramolecular Hbond substituents is 2. The van der Waals surface area contributed by atoms with E-state index < -0.39 is 9.84 Å². The molecule has 0 fully saturated rings. The van der Waals surface area contributed by atoms with Crippen LogP contribution in [0.25, 0.3) is 0 Å². The highest BCUT2D eigenvalue weighted by molar-refractivity contribution is 9.11. The lowest BCUT2D eigenvalue weighted by molar-refractivity contribution is 0.467. The fourth-order valence-electron chi connectivity index (χ4n) is 1.49. The van der Waals surface area contributed by atoms with Crippen molar-refractivity contribution in [3.8, 4) is 11.5 Å². The average Bonchev–Trinajstić information content (AvgIpc) is 2.38. The molecule has 0 saturated carbocycles. The van der Waals surface area contributed by atoms with Gasteiger partial charge < -0.3 is 10.2 Å². The van der Waals surface area contributed by atoms with Gasteiger partial charge in [0.15, 0.2) is 0 Å². The van der Waals surface area contributed by atoms with E-state index in [0.29, 0.717) is 0 Å². The second-order valence-electron chi connectivity index (χ2n) is 3.85. The summed E-state index contributed by atoms with van der Waals surface area (Å²) in [4.78, 5) is 0.0540. The Hall–Kier alpha value is -0.570. The number of hydrogen-bond donors (Lipinski definition) is 2. The first kappa shape index (κ1) is 15.8. The van der Waals surface area contributed by atoms with Crippen LogP contribution >= 0.6 is 47.8 Å². The Kier molecular flexibility index (Phi) is 4.48. The highest BCUT2D eigenvalue weighted by Gasteiger charge is 2.21. The lowest BCUT2D eigenvalue weighted by Gasteiger charge is -2.08. The van der Waals surface area contributed by atoms with E-state index in [4.69, 9.17) is 0 Å². The summed E-state index contributed by atoms with van der Waals surface area (Å²) in [5.74, 6) is -0.118. The zero-order valence-electron chi connectivity index (χ0n) is 9.64. The molecule has 0 heterocycles. The average molecular weight is 487 g/mol. The maximum Gasteiger partial charge on any atom is 0.206 e. The maximum atomic E-state index is 12.5. The molecule has 0 bridgehead atoms. The van der Waals surface area contributed by atoms with E-state index in [0.717, 1.165) is 0 Å². The number of phenols is 2. The Morgan fingerprint density at radius 3 is 1.80 bits per heavy atom. The fraction of sp³-hybridized carbons (Fsp3) is 0. The zero-order chi connectivity index (χ0) is 15.1. The van der Waals surface area contributed by atoms with Gasteiger partial charge in [-0.2, -0.15) is 0 Å². The highest BCUT2D eigenvalue weighted by Crippen LogP contribution is 2.37. The maximum absolute atomic E-state index is 12.5. The van der Waals surface area contributed by atoms with Crippen molar-refractivity contribution in [3.63, 3.8) is 0 Å². The molecule has 2 aromatic carbocycles. The Labute approximate surface area is 140 Å². The Balaban J connectivity index is 2.63. The molecular formula is C12H7Br3O4S. The summed E-state index contributed by atoms with van der Waals surface area (Å²) < 4.78 is 25.8. The van der Waals surface area contributed by atoms with Crippen molar-refractivity contribution in [2.75, 3.05) is 0 Å². The molecular weight excluding hydrogens is 480 g/mol. The molecule has 0 unspecified atom stereocenters. The van der Waals surface area contributed by atoms with Crippen LogP contribution in [0.4, 0.5) is 0 Å². The summed E-state index contributed by atoms with van der Waals surface area (Å²) >= 11 is 9.27. The van der Waals surface area contributed by atoms with E-state index in [1.165, 1.54) is 30.3 Å². The lowest BCUT2D eigenvalue weighted by Crippen LogP contribution is -2.02. The van der Waals surface area contributed by atoms with Gasteiger partial charge >= 0.3 is 0 Å². The van der Waals surface area contributed by atoms with Gasteiger partial charge in [-0.3, -0.25) is 0 Å². The van der Waals surface area contributed by atoms with Crippen LogP contribution < -0.4 is 0 Å². The Bertz CT molecular complexity index is 764. The van der Waals surface area contributed by atoms with Crippen molar-refractivity contribution < 1.29 is 18.6 Å². The second-order valence-corrected chi connectivity index (χ2v) is 8.36. The first-order valence-electron chi connectivity index (χ1n) is 5.15. The fourth-order valence-corrected chi connectivity index (χ4v) is 4.85. The Morgan fingerprint density at radius 1 is 0.800 bits per heavy atom. The molecule has 0 radical (unpaired) electrons. The molecule has 0 spiro atoms. The third-order valence-corrected chi connectivity index (χ3v) is 6.11. The molecule has 0 aliphatic carbocycles. The summed E-state index contributed by atoms with van der Waals surface area (Å²) in [7, 11) is -3.75. The smallest absolute Gasteiger partial charge is 0.206 e. The van der Waals surface area contributed by atoms with E-state index in [9.17, 15) is 18.6 Å². The van der Waals surface area contributed by atoms with Gasteiger partial charge in [0.25, 0.3) is 0 Å². The summed E-state index contributed by atoms with van der Waals surface area (Å²) in [6.45, 7) is 0. The first-order valence-corrected chi connectivity index (χ1v) is 9.01. The van der Waals surface area contributed by atoms with Gasteiger partial charge in [0.2, 0.25) is 9.84 Å². The summed E-state index contributed by atoms with van der Waals surface area (Å²) in [5, 5.41) is 19.0. The molecule has 20 heavy (non-hydrogen) atoms. The van der Waals surface area contributed by atoms with Crippen LogP contribution in [-0.4, -0.2) is 18.6 Å². The largest absolute Gasteiger partial charge is 0.507 e. The van der Waals surface area contributed by atoms with Crippen molar-refractivity contribution in [3.05, 3.63) is 43.7 Å². The SMILES string of the molecule is O=S(=O)(c1ccc(O)c(Br)c1)c1cc(Br)c(O)c(Br)c1. The van der Waals surface area contributed by atoms with Crippen molar-refractivity contribution in [1.82, 2.24) is 0 Å². The summed E-state index contributed by atoms with van der Waals surface area (Å²) in [6.07, 6.45) is 0. The highest BCUT2D eigenvalue weighted by atomic mass is 79.9. The molecule has 2 rings (SSSR count). The Morgan fingerprint density at radius 2 is 1.30 bits per heavy atom. The third kappa shape index (κ3) is 2.88. The molecule has 8 heteroatoms. The number of benzene rings is 2. The first-order chi connectivity index (χ1) is 9.23. The van der Waals surface area contributed by atoms with Gasteiger partial charge in [0.05, 0.1) is 23.2 Å². The lowest BCUT2D eigenvalue weighted by atomic mass is 10.3. The zero-order valence-corrected chi connectivity index (χ0v) is 15.2. The molecule has 106 valence electrons. The van der Waals surface area contributed by atoms with Gasteiger partial charge in [0.1, 0.15) is 11.5 Å². The van der Waals surface area contributed by atoms with Crippen LogP contribution in [0, 0.1) is 0 Å². The van der Waals surface area contributed by atoms with Crippen molar-refractivity contribution >= 4 is 57.6 Å². The predicted molar refractivity (Wildman–Crippen MR) is 84.8 cm³/mol. The number of rotatable bonds is 2. The van der Waals surface area contributed by atoms with Gasteiger partial charge in [-0.05, 0) is 78.1 Å². The minimum atomic E-state index is -3.75. The molecule has 2 N–H and O–H groups in total. The molecule has 0 atom stereocenters. The molecule has 4 nitrogen and oxygen atoms in total. The van der Waals surface area contributed by atoms with Crippen LogP contribution in [0.15, 0.2) is 53.5 Å². The minimum absolute atomic E-state index is 0.0200. The molecule has 0 aromatic heterocycles. The summed E-state index contributed by atoms with van der Waals surface area (Å²) in [5.41, 5.74) is 0. The second kappa shape index (κ2) is 5.67. The predicted octanol–water partition coefficient (Wildman–Crippen LogP) is 4.22. The normalized spacial score (nSPS) is 11.6. The van der Waals surface area contributed by atoms with Crippen LogP contribution in [0.5, 0.6) is 11.5 Å². The number of aromatic hydroxyl groups is 2. The van der Waals surface area contributed by atoms with Crippen LogP contribution in [-0.2, 0) is 9.84 Å².